The Morgan fingerprint density at radius 2 is 1.92 bits per heavy atom. The van der Waals surface area contributed by atoms with E-state index in [0.29, 0.717) is 26.7 Å². The summed E-state index contributed by atoms with van der Waals surface area (Å²) in [6.45, 7) is 2.46. The molecule has 134 valence electrons. The number of nitrogens with zero attached hydrogens (tertiary/aromatic N) is 2. The van der Waals surface area contributed by atoms with E-state index in [2.05, 4.69) is 15.7 Å². The summed E-state index contributed by atoms with van der Waals surface area (Å²) in [7, 11) is 0. The fourth-order valence-electron chi connectivity index (χ4n) is 2.37. The van der Waals surface area contributed by atoms with Crippen LogP contribution in [0, 0.1) is 6.92 Å². The van der Waals surface area contributed by atoms with E-state index in [1.165, 1.54) is 0 Å². The lowest BCUT2D eigenvalue weighted by Crippen LogP contribution is -2.19. The second kappa shape index (κ2) is 8.27. The highest BCUT2D eigenvalue weighted by molar-refractivity contribution is 7.80. The Morgan fingerprint density at radius 1 is 1.12 bits per heavy atom. The molecule has 0 bridgehead atoms. The number of rotatable bonds is 4. The van der Waals surface area contributed by atoms with Gasteiger partial charge in [-0.3, -0.25) is 4.68 Å². The molecule has 3 aromatic rings. The van der Waals surface area contributed by atoms with Crippen molar-refractivity contribution in [2.24, 2.45) is 0 Å². The van der Waals surface area contributed by atoms with Crippen molar-refractivity contribution in [1.29, 1.82) is 0 Å². The monoisotopic (exact) mass is 424 g/mol. The largest absolute Gasteiger partial charge is 0.332 e. The van der Waals surface area contributed by atoms with Crippen LogP contribution in [-0.4, -0.2) is 14.9 Å². The van der Waals surface area contributed by atoms with E-state index in [1.54, 1.807) is 23.0 Å². The first-order valence-corrected chi connectivity index (χ1v) is 9.26. The van der Waals surface area contributed by atoms with Gasteiger partial charge in [0.2, 0.25) is 0 Å². The molecule has 2 N–H and O–H groups in total. The number of hydrogen-bond acceptors (Lipinski definition) is 2. The zero-order valence-electron chi connectivity index (χ0n) is 13.8. The molecule has 0 radical (unpaired) electrons. The van der Waals surface area contributed by atoms with Crippen LogP contribution in [0.2, 0.25) is 15.1 Å². The Kier molecular flexibility index (Phi) is 6.04. The van der Waals surface area contributed by atoms with Crippen LogP contribution >= 0.6 is 47.0 Å². The Morgan fingerprint density at radius 3 is 2.69 bits per heavy atom. The zero-order chi connectivity index (χ0) is 18.7. The van der Waals surface area contributed by atoms with E-state index in [1.807, 2.05) is 37.4 Å². The molecule has 2 aromatic carbocycles. The van der Waals surface area contributed by atoms with E-state index in [0.717, 1.165) is 22.5 Å². The predicted octanol–water partition coefficient (Wildman–Crippen LogP) is 6.01. The van der Waals surface area contributed by atoms with Crippen molar-refractivity contribution >= 4 is 63.5 Å². The molecule has 1 heterocycles. The maximum atomic E-state index is 6.21. The summed E-state index contributed by atoms with van der Waals surface area (Å²) in [6.07, 6.45) is 3.55. The topological polar surface area (TPSA) is 41.9 Å². The van der Waals surface area contributed by atoms with Gasteiger partial charge >= 0.3 is 0 Å². The smallest absolute Gasteiger partial charge is 0.175 e. The lowest BCUT2D eigenvalue weighted by molar-refractivity contribution is 0.687. The minimum Gasteiger partial charge on any atom is -0.332 e. The SMILES string of the molecule is Cc1c(Cl)cccc1NC(=S)Nc1cnn(Cc2ccc(Cl)cc2Cl)c1. The maximum absolute atomic E-state index is 6.21. The summed E-state index contributed by atoms with van der Waals surface area (Å²) in [5, 5.41) is 12.9. The van der Waals surface area contributed by atoms with Gasteiger partial charge in [0.05, 0.1) is 18.4 Å². The predicted molar refractivity (Wildman–Crippen MR) is 114 cm³/mol. The highest BCUT2D eigenvalue weighted by Gasteiger charge is 2.07. The van der Waals surface area contributed by atoms with Gasteiger partial charge in [-0.25, -0.2) is 0 Å². The van der Waals surface area contributed by atoms with Gasteiger partial charge < -0.3 is 10.6 Å². The van der Waals surface area contributed by atoms with Gasteiger partial charge in [-0.2, -0.15) is 5.10 Å². The molecule has 0 atom stereocenters. The van der Waals surface area contributed by atoms with E-state index < -0.39 is 0 Å². The minimum atomic E-state index is 0.458. The molecular formula is C18H15Cl3N4S. The van der Waals surface area contributed by atoms with Gasteiger partial charge in [0, 0.05) is 27.0 Å². The van der Waals surface area contributed by atoms with Crippen LogP contribution in [0.4, 0.5) is 11.4 Å². The molecule has 0 spiro atoms. The zero-order valence-corrected chi connectivity index (χ0v) is 16.8. The second-order valence-corrected chi connectivity index (χ2v) is 7.31. The third-order valence-electron chi connectivity index (χ3n) is 3.75. The summed E-state index contributed by atoms with van der Waals surface area (Å²) < 4.78 is 1.77. The van der Waals surface area contributed by atoms with Crippen molar-refractivity contribution < 1.29 is 0 Å². The van der Waals surface area contributed by atoms with E-state index in [9.17, 15) is 0 Å². The third kappa shape index (κ3) is 4.68. The van der Waals surface area contributed by atoms with Crippen molar-refractivity contribution in [2.45, 2.75) is 13.5 Å². The van der Waals surface area contributed by atoms with E-state index in [-0.39, 0.29) is 0 Å². The molecule has 0 unspecified atom stereocenters. The van der Waals surface area contributed by atoms with E-state index in [4.69, 9.17) is 47.0 Å². The normalized spacial score (nSPS) is 10.6. The van der Waals surface area contributed by atoms with Crippen LogP contribution in [0.1, 0.15) is 11.1 Å². The van der Waals surface area contributed by atoms with Gasteiger partial charge in [-0.05, 0) is 54.5 Å². The number of halogens is 3. The molecule has 3 rings (SSSR count). The van der Waals surface area contributed by atoms with Crippen molar-refractivity contribution in [2.75, 3.05) is 10.6 Å². The van der Waals surface area contributed by atoms with Crippen molar-refractivity contribution in [3.63, 3.8) is 0 Å². The lowest BCUT2D eigenvalue weighted by atomic mass is 10.2. The summed E-state index contributed by atoms with van der Waals surface area (Å²) in [5.74, 6) is 0. The number of anilines is 2. The molecule has 0 saturated carbocycles. The van der Waals surface area contributed by atoms with E-state index >= 15 is 0 Å². The molecule has 1 aromatic heterocycles. The molecule has 0 amide bonds. The van der Waals surface area contributed by atoms with Crippen LogP contribution in [0.25, 0.3) is 0 Å². The van der Waals surface area contributed by atoms with Crippen molar-refractivity contribution in [3.05, 3.63) is 75.0 Å². The molecule has 0 aliphatic rings. The Hall–Kier alpha value is -1.79. The average molecular weight is 426 g/mol. The Labute approximate surface area is 172 Å². The summed E-state index contributed by atoms with van der Waals surface area (Å²) >= 11 is 23.6. The lowest BCUT2D eigenvalue weighted by Gasteiger charge is -2.12. The molecular weight excluding hydrogens is 411 g/mol. The number of aromatic nitrogens is 2. The number of nitrogens with one attached hydrogen (secondary N) is 2. The van der Waals surface area contributed by atoms with Gasteiger partial charge in [-0.15, -0.1) is 0 Å². The van der Waals surface area contributed by atoms with Crippen LogP contribution in [0.15, 0.2) is 48.8 Å². The highest BCUT2D eigenvalue weighted by atomic mass is 35.5. The van der Waals surface area contributed by atoms with Gasteiger partial charge in [0.15, 0.2) is 5.11 Å². The maximum Gasteiger partial charge on any atom is 0.175 e. The molecule has 0 saturated heterocycles. The second-order valence-electron chi connectivity index (χ2n) is 5.65. The van der Waals surface area contributed by atoms with Crippen molar-refractivity contribution in [3.8, 4) is 0 Å². The van der Waals surface area contributed by atoms with Crippen molar-refractivity contribution in [1.82, 2.24) is 9.78 Å². The molecule has 26 heavy (non-hydrogen) atoms. The van der Waals surface area contributed by atoms with Gasteiger partial charge in [-0.1, -0.05) is 46.9 Å². The van der Waals surface area contributed by atoms with Crippen LogP contribution in [0.5, 0.6) is 0 Å². The number of hydrogen-bond donors (Lipinski definition) is 2. The molecule has 8 heteroatoms. The molecule has 4 nitrogen and oxygen atoms in total. The van der Waals surface area contributed by atoms with Gasteiger partial charge in [0.1, 0.15) is 0 Å². The Bertz CT molecular complexity index is 955. The number of benzene rings is 2. The quantitative estimate of drug-likeness (QED) is 0.502. The van der Waals surface area contributed by atoms with Crippen LogP contribution in [0.3, 0.4) is 0 Å². The highest BCUT2D eigenvalue weighted by Crippen LogP contribution is 2.24. The Balaban J connectivity index is 1.64. The minimum absolute atomic E-state index is 0.458. The average Bonchev–Trinajstić information content (AvgIpc) is 3.01. The first-order valence-electron chi connectivity index (χ1n) is 7.72. The van der Waals surface area contributed by atoms with Gasteiger partial charge in [0.25, 0.3) is 0 Å². The molecule has 0 aliphatic carbocycles. The standard InChI is InChI=1S/C18H15Cl3N4S/c1-11-15(20)3-2-4-17(11)24-18(26)23-14-8-22-25(10-14)9-12-5-6-13(19)7-16(12)21/h2-8,10H,9H2,1H3,(H2,23,24,26). The first kappa shape index (κ1) is 19.0. The summed E-state index contributed by atoms with van der Waals surface area (Å²) in [4.78, 5) is 0. The summed E-state index contributed by atoms with van der Waals surface area (Å²) in [5.41, 5.74) is 3.50. The summed E-state index contributed by atoms with van der Waals surface area (Å²) in [6, 6.07) is 11.0. The fraction of sp³-hybridized carbons (Fsp3) is 0.111. The first-order chi connectivity index (χ1) is 12.4. The number of thiocarbonyl (C=S) groups is 1. The third-order valence-corrected chi connectivity index (χ3v) is 4.95. The van der Waals surface area contributed by atoms with Crippen LogP contribution < -0.4 is 10.6 Å². The molecule has 0 fully saturated rings. The van der Waals surface area contributed by atoms with Crippen LogP contribution in [-0.2, 0) is 6.54 Å². The molecule has 0 aliphatic heterocycles. The fourth-order valence-corrected chi connectivity index (χ4v) is 3.24.